The molecule has 90 heavy (non-hydrogen) atoms. The first kappa shape index (κ1) is 61.4. The molecule has 0 fully saturated rings. The number of allylic oxidation sites excluding steroid dienone is 5. The van der Waals surface area contributed by atoms with Gasteiger partial charge in [0.05, 0.1) is 35.7 Å². The topological polar surface area (TPSA) is 157 Å². The van der Waals surface area contributed by atoms with E-state index in [1.807, 2.05) is 267 Å². The summed E-state index contributed by atoms with van der Waals surface area (Å²) in [6, 6.07) is 82.0. The second-order valence-electron chi connectivity index (χ2n) is 20.6. The quantitative estimate of drug-likeness (QED) is 0.0186. The molecule has 0 heterocycles. The van der Waals surface area contributed by atoms with Gasteiger partial charge in [0, 0.05) is 77.5 Å². The van der Waals surface area contributed by atoms with E-state index in [1.54, 1.807) is 12.1 Å². The molecule has 0 saturated heterocycles. The zero-order valence-corrected chi connectivity index (χ0v) is 50.9. The fraction of sp³-hybridized carbons (Fsp3) is 0.108. The van der Waals surface area contributed by atoms with E-state index >= 15 is 4.79 Å². The Morgan fingerprint density at radius 1 is 0.444 bits per heavy atom. The Kier molecular flexibility index (Phi) is 21.2. The monoisotopic (exact) mass is 1230 g/mol. The first-order chi connectivity index (χ1) is 44.3. The van der Waals surface area contributed by atoms with Crippen molar-refractivity contribution >= 4 is 80.2 Å². The summed E-state index contributed by atoms with van der Waals surface area (Å²) in [5.74, 6) is 1.03. The number of nitrogens with zero attached hydrogens (tertiary/aromatic N) is 2. The molecule has 9 aromatic carbocycles. The summed E-state index contributed by atoms with van der Waals surface area (Å²) in [5.41, 5.74) is 6.12. The highest BCUT2D eigenvalue weighted by Crippen LogP contribution is 2.46. The number of carbonyl (C=O) groups excluding carboxylic acids is 3. The van der Waals surface area contributed by atoms with E-state index < -0.39 is 23.0 Å². The Labute approximate surface area is 526 Å². The van der Waals surface area contributed by atoms with Gasteiger partial charge in [0.1, 0.15) is 28.8 Å². The average molecular weight is 1230 g/mol. The van der Waals surface area contributed by atoms with Crippen molar-refractivity contribution in [3.8, 4) is 23.0 Å². The number of hydrogen-bond donors (Lipinski definition) is 3. The van der Waals surface area contributed by atoms with Gasteiger partial charge in [0.2, 0.25) is 34.7 Å². The van der Waals surface area contributed by atoms with Crippen molar-refractivity contribution in [3.63, 3.8) is 0 Å². The number of unbranched alkanes of at least 4 members (excludes halogenated alkanes) is 2. The van der Waals surface area contributed by atoms with E-state index in [1.165, 1.54) is 0 Å². The van der Waals surface area contributed by atoms with Gasteiger partial charge in [-0.05, 0) is 123 Å². The summed E-state index contributed by atoms with van der Waals surface area (Å²) in [6.45, 7) is 0.506. The molecule has 0 atom stereocenters. The minimum atomic E-state index is -1.82. The van der Waals surface area contributed by atoms with E-state index in [9.17, 15) is 14.7 Å². The third-order valence-electron chi connectivity index (χ3n) is 14.3. The Bertz CT molecular complexity index is 3870. The molecule has 9 aromatic rings. The molecular formula is C74H65N4O10P2+. The average Bonchev–Trinajstić information content (AvgIpc) is 0.766. The maximum atomic E-state index is 15.1. The molecule has 0 aromatic heterocycles. The number of carbonyl (C=O) groups is 3. The Balaban J connectivity index is 0.866. The number of ketones is 1. The molecule has 2 aliphatic rings. The molecule has 0 bridgehead atoms. The van der Waals surface area contributed by atoms with Crippen LogP contribution in [0.3, 0.4) is 0 Å². The number of anilines is 4. The highest BCUT2D eigenvalue weighted by atomic mass is 31.2. The van der Waals surface area contributed by atoms with Gasteiger partial charge in [-0.1, -0.05) is 146 Å². The summed E-state index contributed by atoms with van der Waals surface area (Å²) >= 11 is 0. The van der Waals surface area contributed by atoms with Gasteiger partial charge in [-0.3, -0.25) is 23.4 Å². The van der Waals surface area contributed by atoms with Crippen molar-refractivity contribution in [1.82, 2.24) is 9.89 Å². The molecule has 0 radical (unpaired) electrons. The molecule has 0 aliphatic heterocycles. The minimum absolute atomic E-state index is 0.0143. The molecule has 450 valence electrons. The van der Waals surface area contributed by atoms with Crippen LogP contribution in [0.15, 0.2) is 302 Å². The molecule has 11 rings (SSSR count). The predicted octanol–water partition coefficient (Wildman–Crippen LogP) is 17.9. The van der Waals surface area contributed by atoms with Crippen LogP contribution in [-0.4, -0.2) is 41.6 Å². The fourth-order valence-corrected chi connectivity index (χ4v) is 12.0. The second kappa shape index (κ2) is 31.1. The summed E-state index contributed by atoms with van der Waals surface area (Å²) in [7, 11) is -3.64. The highest BCUT2D eigenvalue weighted by molar-refractivity contribution is 7.42. The molecule has 0 saturated carbocycles. The van der Waals surface area contributed by atoms with E-state index in [0.717, 1.165) is 22.7 Å². The molecule has 3 N–H and O–H groups in total. The van der Waals surface area contributed by atoms with Crippen molar-refractivity contribution in [2.75, 3.05) is 23.4 Å². The van der Waals surface area contributed by atoms with E-state index in [2.05, 4.69) is 20.1 Å². The number of Topliss-reactive ketones (excluding diaryl/α,β-unsaturated/α-hetero) is 1. The normalized spacial score (nSPS) is 13.5. The van der Waals surface area contributed by atoms with Crippen LogP contribution in [0.4, 0.5) is 34.1 Å². The maximum Gasteiger partial charge on any atom is 0.463 e. The minimum Gasteiger partial charge on any atom is -0.506 e. The van der Waals surface area contributed by atoms with Crippen molar-refractivity contribution in [2.24, 2.45) is 0 Å². The number of hydrogen-bond acceptors (Lipinski definition) is 11. The maximum absolute atomic E-state index is 15.1. The predicted molar refractivity (Wildman–Crippen MR) is 358 cm³/mol. The largest absolute Gasteiger partial charge is 0.506 e. The van der Waals surface area contributed by atoms with Gasteiger partial charge in [0.15, 0.2) is 0 Å². The Morgan fingerprint density at radius 3 is 1.27 bits per heavy atom. The number of nitrogens with one attached hydrogen (secondary N) is 2. The van der Waals surface area contributed by atoms with E-state index in [-0.39, 0.29) is 54.8 Å². The molecule has 16 heteroatoms. The second-order valence-corrected chi connectivity index (χ2v) is 22.8. The number of amides is 2. The van der Waals surface area contributed by atoms with Crippen molar-refractivity contribution in [2.45, 2.75) is 38.5 Å². The highest BCUT2D eigenvalue weighted by Gasteiger charge is 2.40. The van der Waals surface area contributed by atoms with Crippen LogP contribution < -0.4 is 38.2 Å². The summed E-state index contributed by atoms with van der Waals surface area (Å²) in [5, 5.41) is 18.6. The lowest BCUT2D eigenvalue weighted by molar-refractivity contribution is -0.120. The van der Waals surface area contributed by atoms with Gasteiger partial charge >= 0.3 is 17.2 Å². The Morgan fingerprint density at radius 2 is 0.844 bits per heavy atom. The first-order valence-electron chi connectivity index (χ1n) is 29.6. The lowest BCUT2D eigenvalue weighted by Gasteiger charge is -2.29. The zero-order chi connectivity index (χ0) is 61.7. The lowest BCUT2D eigenvalue weighted by atomic mass is 9.78. The SMILES string of the molecule is O=C(CCCCOP(Oc1ccccc1)Oc1ccccc1)NC1=CC(=[N+](c2ccccc2)c2ccccc2)C=C/C1=C1\C(=O)C(c2ccc(N(c3ccccc3)c3ccccc3)cc2NC(=O)CCCCOP(Oc2ccccc2)Oc2ccccc2)=C1O. The van der Waals surface area contributed by atoms with E-state index in [4.69, 9.17) is 27.1 Å². The van der Waals surface area contributed by atoms with Crippen LogP contribution >= 0.6 is 17.2 Å². The molecular weight excluding hydrogens is 1170 g/mol. The zero-order valence-electron chi connectivity index (χ0n) is 49.1. The van der Waals surface area contributed by atoms with Crippen LogP contribution in [0.2, 0.25) is 0 Å². The molecule has 2 aliphatic carbocycles. The van der Waals surface area contributed by atoms with Crippen LogP contribution in [-0.2, 0) is 23.4 Å². The summed E-state index contributed by atoms with van der Waals surface area (Å²) < 4.78 is 38.7. The molecule has 0 unspecified atom stereocenters. The molecule has 0 spiro atoms. The van der Waals surface area contributed by atoms with Crippen LogP contribution in [0.5, 0.6) is 23.0 Å². The fourth-order valence-electron chi connectivity index (χ4n) is 9.98. The van der Waals surface area contributed by atoms with Crippen molar-refractivity contribution < 1.29 is 46.6 Å². The van der Waals surface area contributed by atoms with Gasteiger partial charge < -0.3 is 38.7 Å². The standard InChI is InChI=1S/C74H64N4O10P2/c79-69(45-25-27-51-83-89(85-61-37-17-5-18-38-61)86-62-39-19-6-20-40-62)75-67-53-59(77(55-29-9-1-10-30-55)56-31-11-2-12-32-56)47-49-65(67)71-73(81)72(74(71)82)66-50-48-60(78(57-33-13-3-14-34-57)58-35-15-4-16-36-58)54-68(66)76-70(80)46-26-28-52-84-90(87-63-41-21-7-22-42-63)88-64-43-23-8-24-44-64/h1-24,29-44,47-50,53-54H,25-28,45-46,51-52H2,(H2,75,76,79,80,81,82)/p+1. The Hall–Kier alpha value is -10.2. The number of aliphatic hydroxyl groups excluding tert-OH is 1. The third kappa shape index (κ3) is 16.3. The number of para-hydroxylation sites is 8. The van der Waals surface area contributed by atoms with Gasteiger partial charge in [-0.15, -0.1) is 0 Å². The third-order valence-corrected chi connectivity index (χ3v) is 16.5. The van der Waals surface area contributed by atoms with E-state index in [0.29, 0.717) is 82.6 Å². The number of rotatable bonds is 28. The van der Waals surface area contributed by atoms with Crippen molar-refractivity contribution in [3.05, 3.63) is 307 Å². The van der Waals surface area contributed by atoms with Gasteiger partial charge in [0.25, 0.3) is 0 Å². The smallest absolute Gasteiger partial charge is 0.463 e. The van der Waals surface area contributed by atoms with Crippen LogP contribution in [0, 0.1) is 0 Å². The molecule has 14 nitrogen and oxygen atoms in total. The van der Waals surface area contributed by atoms with Gasteiger partial charge in [-0.25, -0.2) is 0 Å². The first-order valence-corrected chi connectivity index (χ1v) is 31.8. The van der Waals surface area contributed by atoms with Crippen LogP contribution in [0.25, 0.3) is 5.57 Å². The summed E-state index contributed by atoms with van der Waals surface area (Å²) in [6.07, 6.45) is 7.56. The van der Waals surface area contributed by atoms with Crippen molar-refractivity contribution in [1.29, 1.82) is 0 Å². The lowest BCUT2D eigenvalue weighted by Crippen LogP contribution is -2.31. The van der Waals surface area contributed by atoms with Crippen LogP contribution in [0.1, 0.15) is 44.1 Å². The van der Waals surface area contributed by atoms with Gasteiger partial charge in [-0.2, -0.15) is 4.58 Å². The summed E-state index contributed by atoms with van der Waals surface area (Å²) in [4.78, 5) is 45.6. The molecule has 2 amide bonds. The number of aliphatic hydroxyl groups is 1. The number of benzene rings is 9.